The molecule has 3 aliphatic rings. The molecule has 0 spiro atoms. The molecule has 0 saturated heterocycles. The number of carboxylic acid groups (broad SMARTS) is 1. The number of amides is 2. The summed E-state index contributed by atoms with van der Waals surface area (Å²) in [5, 5.41) is 15.1. The Labute approximate surface area is 205 Å². The maximum absolute atomic E-state index is 13.0. The zero-order chi connectivity index (χ0) is 24.4. The molecule has 5 rings (SSSR count). The number of benzene rings is 2. The Morgan fingerprint density at radius 1 is 0.943 bits per heavy atom. The fourth-order valence-corrected chi connectivity index (χ4v) is 5.55. The van der Waals surface area contributed by atoms with Crippen LogP contribution < -0.4 is 10.6 Å². The topological polar surface area (TPSA) is 105 Å². The lowest BCUT2D eigenvalue weighted by molar-refractivity contribution is -0.143. The van der Waals surface area contributed by atoms with Gasteiger partial charge in [-0.1, -0.05) is 67.8 Å². The lowest BCUT2D eigenvalue weighted by Gasteiger charge is -2.29. The molecule has 0 heterocycles. The van der Waals surface area contributed by atoms with Crippen LogP contribution in [-0.4, -0.2) is 41.8 Å². The highest BCUT2D eigenvalue weighted by atomic mass is 16.5. The van der Waals surface area contributed by atoms with Crippen molar-refractivity contribution in [1.29, 1.82) is 0 Å². The number of fused-ring (bicyclic) bond motifs is 3. The molecule has 0 bridgehead atoms. The van der Waals surface area contributed by atoms with Gasteiger partial charge in [-0.25, -0.2) is 4.79 Å². The van der Waals surface area contributed by atoms with Crippen molar-refractivity contribution in [3.63, 3.8) is 0 Å². The number of ether oxygens (including phenoxy) is 1. The number of aliphatic carboxylic acids is 1. The third-order valence-corrected chi connectivity index (χ3v) is 7.59. The van der Waals surface area contributed by atoms with Gasteiger partial charge in [-0.05, 0) is 53.9 Å². The predicted octanol–water partition coefficient (Wildman–Crippen LogP) is 4.45. The van der Waals surface area contributed by atoms with Gasteiger partial charge in [-0.3, -0.25) is 9.59 Å². The van der Waals surface area contributed by atoms with E-state index in [1.54, 1.807) is 0 Å². The monoisotopic (exact) mass is 476 g/mol. The molecule has 2 aromatic carbocycles. The number of rotatable bonds is 8. The highest BCUT2D eigenvalue weighted by molar-refractivity contribution is 5.86. The van der Waals surface area contributed by atoms with Gasteiger partial charge in [0, 0.05) is 12.0 Å². The second-order valence-corrected chi connectivity index (χ2v) is 10.1. The van der Waals surface area contributed by atoms with E-state index in [1.807, 2.05) is 24.3 Å². The Kier molecular flexibility index (Phi) is 6.75. The largest absolute Gasteiger partial charge is 0.481 e. The highest BCUT2D eigenvalue weighted by Crippen LogP contribution is 2.44. The minimum atomic E-state index is -0.810. The predicted molar refractivity (Wildman–Crippen MR) is 131 cm³/mol. The number of carbonyl (C=O) groups is 3. The molecule has 2 saturated carbocycles. The molecule has 2 fully saturated rings. The zero-order valence-corrected chi connectivity index (χ0v) is 19.7. The minimum absolute atomic E-state index is 0.0425. The standard InChI is InChI=1S/C28H32N2O5/c31-26(29-19-7-5-6-18(15-19)27(32)33)25(14-17-12-13-17)30-28(34)35-16-24-22-10-3-1-8-20(22)21-9-2-4-11-23(21)24/h1-4,8-11,17-19,24-25H,5-7,12-16H2,(H,29,31)(H,30,34)(H,32,33). The fourth-order valence-electron chi connectivity index (χ4n) is 5.55. The van der Waals surface area contributed by atoms with Crippen LogP contribution in [0, 0.1) is 11.8 Å². The molecular formula is C28H32N2O5. The first-order valence-electron chi connectivity index (χ1n) is 12.6. The van der Waals surface area contributed by atoms with Crippen LogP contribution in [0.1, 0.15) is 62.0 Å². The Morgan fingerprint density at radius 2 is 1.60 bits per heavy atom. The SMILES string of the molecule is O=C(NC(CC1CC1)C(=O)NC1CCCC(C(=O)O)C1)OCC1c2ccccc2-c2ccccc21. The summed E-state index contributed by atoms with van der Waals surface area (Å²) in [6.07, 6.45) is 4.70. The van der Waals surface area contributed by atoms with E-state index in [0.29, 0.717) is 25.2 Å². The molecule has 3 aliphatic carbocycles. The van der Waals surface area contributed by atoms with E-state index in [-0.39, 0.29) is 24.5 Å². The number of nitrogens with one attached hydrogen (secondary N) is 2. The van der Waals surface area contributed by atoms with Crippen LogP contribution in [0.2, 0.25) is 0 Å². The molecule has 3 atom stereocenters. The average Bonchev–Trinajstić information content (AvgIpc) is 3.63. The zero-order valence-electron chi connectivity index (χ0n) is 19.7. The second-order valence-electron chi connectivity index (χ2n) is 10.1. The molecule has 0 aliphatic heterocycles. The second kappa shape index (κ2) is 10.1. The van der Waals surface area contributed by atoms with Crippen LogP contribution in [-0.2, 0) is 14.3 Å². The van der Waals surface area contributed by atoms with Crippen LogP contribution in [0.15, 0.2) is 48.5 Å². The normalized spacial score (nSPS) is 21.9. The number of alkyl carbamates (subject to hydrolysis) is 1. The molecule has 184 valence electrons. The van der Waals surface area contributed by atoms with Gasteiger partial charge in [0.1, 0.15) is 12.6 Å². The van der Waals surface area contributed by atoms with Gasteiger partial charge in [0.25, 0.3) is 0 Å². The van der Waals surface area contributed by atoms with Crippen LogP contribution in [0.3, 0.4) is 0 Å². The Balaban J connectivity index is 1.20. The lowest BCUT2D eigenvalue weighted by Crippen LogP contribution is -2.51. The molecule has 3 N–H and O–H groups in total. The first-order valence-corrected chi connectivity index (χ1v) is 12.6. The summed E-state index contributed by atoms with van der Waals surface area (Å²) in [4.78, 5) is 37.2. The summed E-state index contributed by atoms with van der Waals surface area (Å²) in [5.74, 6) is -1.10. The van der Waals surface area contributed by atoms with E-state index in [4.69, 9.17) is 4.74 Å². The van der Waals surface area contributed by atoms with Crippen LogP contribution in [0.5, 0.6) is 0 Å². The van der Waals surface area contributed by atoms with E-state index in [2.05, 4.69) is 34.9 Å². The summed E-state index contributed by atoms with van der Waals surface area (Å²) in [5.41, 5.74) is 4.60. The Bertz CT molecular complexity index is 1070. The van der Waals surface area contributed by atoms with Crippen molar-refractivity contribution in [1.82, 2.24) is 10.6 Å². The molecule has 7 nitrogen and oxygen atoms in total. The number of carbonyl (C=O) groups excluding carboxylic acids is 2. The van der Waals surface area contributed by atoms with Gasteiger partial charge < -0.3 is 20.5 Å². The summed E-state index contributed by atoms with van der Waals surface area (Å²) in [6, 6.07) is 15.5. The van der Waals surface area contributed by atoms with Crippen molar-refractivity contribution < 1.29 is 24.2 Å². The Hall–Kier alpha value is -3.35. The molecule has 0 radical (unpaired) electrons. The number of hydrogen-bond acceptors (Lipinski definition) is 4. The molecule has 35 heavy (non-hydrogen) atoms. The third-order valence-electron chi connectivity index (χ3n) is 7.59. The summed E-state index contributed by atoms with van der Waals surface area (Å²) < 4.78 is 5.65. The average molecular weight is 477 g/mol. The lowest BCUT2D eigenvalue weighted by atomic mass is 9.85. The summed E-state index contributed by atoms with van der Waals surface area (Å²) in [6.45, 7) is 0.195. The van der Waals surface area contributed by atoms with Crippen molar-refractivity contribution in [3.05, 3.63) is 59.7 Å². The van der Waals surface area contributed by atoms with Gasteiger partial charge in [0.05, 0.1) is 5.92 Å². The van der Waals surface area contributed by atoms with E-state index in [1.165, 1.54) is 0 Å². The van der Waals surface area contributed by atoms with Gasteiger partial charge in [0.15, 0.2) is 0 Å². The van der Waals surface area contributed by atoms with Crippen molar-refractivity contribution in [2.75, 3.05) is 6.61 Å². The third kappa shape index (κ3) is 5.34. The first-order chi connectivity index (χ1) is 17.0. The number of carboxylic acids is 1. The van der Waals surface area contributed by atoms with Crippen LogP contribution in [0.4, 0.5) is 4.79 Å². The van der Waals surface area contributed by atoms with Crippen molar-refractivity contribution >= 4 is 18.0 Å². The highest BCUT2D eigenvalue weighted by Gasteiger charge is 2.34. The van der Waals surface area contributed by atoms with Crippen LogP contribution >= 0.6 is 0 Å². The van der Waals surface area contributed by atoms with Gasteiger partial charge in [0.2, 0.25) is 5.91 Å². The van der Waals surface area contributed by atoms with E-state index >= 15 is 0 Å². The fraction of sp³-hybridized carbons (Fsp3) is 0.464. The Morgan fingerprint density at radius 3 is 2.23 bits per heavy atom. The van der Waals surface area contributed by atoms with Crippen LogP contribution in [0.25, 0.3) is 11.1 Å². The quantitative estimate of drug-likeness (QED) is 0.522. The maximum atomic E-state index is 13.0. The summed E-state index contributed by atoms with van der Waals surface area (Å²) >= 11 is 0. The van der Waals surface area contributed by atoms with Gasteiger partial charge in [-0.15, -0.1) is 0 Å². The van der Waals surface area contributed by atoms with Crippen molar-refractivity contribution in [3.8, 4) is 11.1 Å². The van der Waals surface area contributed by atoms with Gasteiger partial charge >= 0.3 is 12.1 Å². The molecule has 7 heteroatoms. The molecule has 2 amide bonds. The maximum Gasteiger partial charge on any atom is 0.407 e. The smallest absolute Gasteiger partial charge is 0.407 e. The first kappa shape index (κ1) is 23.4. The van der Waals surface area contributed by atoms with Crippen molar-refractivity contribution in [2.45, 2.75) is 62.9 Å². The molecular weight excluding hydrogens is 444 g/mol. The van der Waals surface area contributed by atoms with Crippen molar-refractivity contribution in [2.24, 2.45) is 11.8 Å². The minimum Gasteiger partial charge on any atom is -0.481 e. The van der Waals surface area contributed by atoms with E-state index in [0.717, 1.165) is 47.9 Å². The van der Waals surface area contributed by atoms with Gasteiger partial charge in [-0.2, -0.15) is 0 Å². The molecule has 3 unspecified atom stereocenters. The van der Waals surface area contributed by atoms with E-state index in [9.17, 15) is 19.5 Å². The summed E-state index contributed by atoms with van der Waals surface area (Å²) in [7, 11) is 0. The molecule has 0 aromatic heterocycles. The number of hydrogen-bond donors (Lipinski definition) is 3. The molecule has 2 aromatic rings. The van der Waals surface area contributed by atoms with E-state index < -0.39 is 24.0 Å².